The molecule has 0 atom stereocenters. The molecule has 1 aliphatic heterocycles. The third-order valence-electron chi connectivity index (χ3n) is 4.54. The lowest BCUT2D eigenvalue weighted by Crippen LogP contribution is -2.41. The smallest absolute Gasteiger partial charge is 0.225 e. The van der Waals surface area contributed by atoms with Crippen LogP contribution in [-0.2, 0) is 18.4 Å². The van der Waals surface area contributed by atoms with Crippen LogP contribution >= 0.6 is 0 Å². The Hall–Kier alpha value is -2.37. The van der Waals surface area contributed by atoms with E-state index in [0.717, 1.165) is 37.4 Å². The summed E-state index contributed by atoms with van der Waals surface area (Å²) in [7, 11) is 3.90. The summed E-state index contributed by atoms with van der Waals surface area (Å²) in [4.78, 5) is 25.1. The highest BCUT2D eigenvalue weighted by atomic mass is 16.2. The molecule has 0 saturated carbocycles. The zero-order valence-electron chi connectivity index (χ0n) is 13.7. The van der Waals surface area contributed by atoms with Crippen LogP contribution in [0, 0.1) is 5.92 Å². The molecule has 6 nitrogen and oxygen atoms in total. The Morgan fingerprint density at radius 1 is 1.35 bits per heavy atom. The first-order valence-corrected chi connectivity index (χ1v) is 8.01. The Labute approximate surface area is 136 Å². The van der Waals surface area contributed by atoms with E-state index in [1.54, 1.807) is 18.6 Å². The minimum Gasteiger partial charge on any atom is -0.355 e. The number of carbonyl (C=O) groups excluding carboxylic acids is 1. The largest absolute Gasteiger partial charge is 0.355 e. The molecule has 0 N–H and O–H groups in total. The highest BCUT2D eigenvalue weighted by Crippen LogP contribution is 2.23. The van der Waals surface area contributed by atoms with Gasteiger partial charge in [-0.2, -0.15) is 0 Å². The number of nitrogens with zero attached hydrogens (tertiary/aromatic N) is 5. The first-order valence-electron chi connectivity index (χ1n) is 8.01. The molecule has 1 amide bonds. The Kier molecular flexibility index (Phi) is 4.60. The van der Waals surface area contributed by atoms with Crippen LogP contribution < -0.4 is 4.90 Å². The van der Waals surface area contributed by atoms with E-state index in [9.17, 15) is 4.79 Å². The summed E-state index contributed by atoms with van der Waals surface area (Å²) in [6.07, 6.45) is 8.91. The van der Waals surface area contributed by atoms with Crippen molar-refractivity contribution in [1.82, 2.24) is 19.4 Å². The van der Waals surface area contributed by atoms with E-state index in [1.807, 2.05) is 31.3 Å². The molecule has 0 radical (unpaired) electrons. The Balaban J connectivity index is 1.55. The summed E-state index contributed by atoms with van der Waals surface area (Å²) in [5.74, 6) is 1.24. The van der Waals surface area contributed by atoms with Gasteiger partial charge in [0.1, 0.15) is 5.82 Å². The van der Waals surface area contributed by atoms with Crippen LogP contribution in [0.2, 0.25) is 0 Å². The lowest BCUT2D eigenvalue weighted by atomic mass is 9.95. The number of rotatable bonds is 4. The third kappa shape index (κ3) is 3.52. The van der Waals surface area contributed by atoms with E-state index in [-0.39, 0.29) is 11.8 Å². The van der Waals surface area contributed by atoms with Crippen molar-refractivity contribution in [2.45, 2.75) is 19.4 Å². The second kappa shape index (κ2) is 6.81. The van der Waals surface area contributed by atoms with Crippen molar-refractivity contribution in [2.24, 2.45) is 13.0 Å². The van der Waals surface area contributed by atoms with E-state index >= 15 is 0 Å². The van der Waals surface area contributed by atoms with E-state index in [4.69, 9.17) is 0 Å². The monoisotopic (exact) mass is 313 g/mol. The minimum absolute atomic E-state index is 0.105. The molecule has 1 fully saturated rings. The van der Waals surface area contributed by atoms with Crippen LogP contribution in [0.25, 0.3) is 0 Å². The lowest BCUT2D eigenvalue weighted by molar-refractivity contribution is -0.135. The quantitative estimate of drug-likeness (QED) is 0.862. The zero-order valence-corrected chi connectivity index (χ0v) is 13.7. The van der Waals surface area contributed by atoms with Gasteiger partial charge in [0.05, 0.1) is 12.7 Å². The summed E-state index contributed by atoms with van der Waals surface area (Å²) in [6.45, 7) is 2.37. The van der Waals surface area contributed by atoms with Crippen molar-refractivity contribution < 1.29 is 4.79 Å². The zero-order chi connectivity index (χ0) is 16.2. The fourth-order valence-electron chi connectivity index (χ4n) is 3.10. The average molecular weight is 313 g/mol. The molecule has 1 aliphatic rings. The number of hydrogen-bond acceptors (Lipinski definition) is 4. The summed E-state index contributed by atoms with van der Waals surface area (Å²) < 4.78 is 2.06. The summed E-state index contributed by atoms with van der Waals surface area (Å²) in [5, 5.41) is 0. The van der Waals surface area contributed by atoms with E-state index < -0.39 is 0 Å². The number of piperidine rings is 1. The lowest BCUT2D eigenvalue weighted by Gasteiger charge is -2.33. The van der Waals surface area contributed by atoms with Gasteiger partial charge >= 0.3 is 0 Å². The molecule has 0 spiro atoms. The van der Waals surface area contributed by atoms with Crippen LogP contribution in [0.15, 0.2) is 36.9 Å². The molecule has 1 saturated heterocycles. The number of hydrogen-bond donors (Lipinski definition) is 0. The fourth-order valence-corrected chi connectivity index (χ4v) is 3.10. The summed E-state index contributed by atoms with van der Waals surface area (Å²) in [5.41, 5.74) is 1.15. The molecule has 0 aromatic carbocycles. The first kappa shape index (κ1) is 15.5. The second-order valence-corrected chi connectivity index (χ2v) is 6.13. The molecule has 0 aliphatic carbocycles. The topological polar surface area (TPSA) is 54.3 Å². The van der Waals surface area contributed by atoms with Gasteiger partial charge in [-0.25, -0.2) is 4.98 Å². The van der Waals surface area contributed by atoms with Crippen molar-refractivity contribution in [1.29, 1.82) is 0 Å². The SMILES string of the molecule is CN(Cc1cccn1C)C(=O)C1CCN(c2cnccn2)CC1. The predicted molar refractivity (Wildman–Crippen MR) is 88.9 cm³/mol. The predicted octanol–water partition coefficient (Wildman–Crippen LogP) is 1.69. The maximum Gasteiger partial charge on any atom is 0.225 e. The van der Waals surface area contributed by atoms with Gasteiger partial charge in [-0.05, 0) is 25.0 Å². The van der Waals surface area contributed by atoms with Gasteiger partial charge < -0.3 is 14.4 Å². The molecular formula is C17H23N5O. The van der Waals surface area contributed by atoms with Gasteiger partial charge in [0.2, 0.25) is 5.91 Å². The molecule has 0 bridgehead atoms. The van der Waals surface area contributed by atoms with E-state index in [1.165, 1.54) is 0 Å². The van der Waals surface area contributed by atoms with Gasteiger partial charge in [-0.1, -0.05) is 0 Å². The average Bonchev–Trinajstić information content (AvgIpc) is 3.00. The number of carbonyl (C=O) groups is 1. The highest BCUT2D eigenvalue weighted by Gasteiger charge is 2.27. The number of aromatic nitrogens is 3. The molecule has 3 rings (SSSR count). The van der Waals surface area contributed by atoms with Crippen LogP contribution in [-0.4, -0.2) is 45.5 Å². The molecule has 2 aromatic heterocycles. The third-order valence-corrected chi connectivity index (χ3v) is 4.54. The normalized spacial score (nSPS) is 15.7. The van der Waals surface area contributed by atoms with E-state index in [0.29, 0.717) is 6.54 Å². The summed E-state index contributed by atoms with van der Waals surface area (Å²) in [6, 6.07) is 4.06. The number of amides is 1. The van der Waals surface area contributed by atoms with Crippen LogP contribution in [0.5, 0.6) is 0 Å². The molecule has 3 heterocycles. The Bertz CT molecular complexity index is 646. The number of aryl methyl sites for hydroxylation is 1. The van der Waals surface area contributed by atoms with Crippen LogP contribution in [0.1, 0.15) is 18.5 Å². The van der Waals surface area contributed by atoms with Gasteiger partial charge in [-0.3, -0.25) is 9.78 Å². The van der Waals surface area contributed by atoms with Crippen molar-refractivity contribution >= 4 is 11.7 Å². The maximum atomic E-state index is 12.6. The van der Waals surface area contributed by atoms with Crippen LogP contribution in [0.3, 0.4) is 0 Å². The van der Waals surface area contributed by atoms with Gasteiger partial charge in [0.15, 0.2) is 0 Å². The van der Waals surface area contributed by atoms with Gasteiger partial charge in [0, 0.05) is 57.4 Å². The van der Waals surface area contributed by atoms with Gasteiger partial charge in [0.25, 0.3) is 0 Å². The van der Waals surface area contributed by atoms with Gasteiger partial charge in [-0.15, -0.1) is 0 Å². The molecule has 23 heavy (non-hydrogen) atoms. The molecular weight excluding hydrogens is 290 g/mol. The molecule has 2 aromatic rings. The maximum absolute atomic E-state index is 12.6. The van der Waals surface area contributed by atoms with E-state index in [2.05, 4.69) is 25.5 Å². The standard InChI is InChI=1S/C17H23N5O/c1-20-9-3-4-15(20)13-21(2)17(23)14-5-10-22(11-6-14)16-12-18-7-8-19-16/h3-4,7-9,12,14H,5-6,10-11,13H2,1-2H3. The highest BCUT2D eigenvalue weighted by molar-refractivity contribution is 5.78. The Morgan fingerprint density at radius 2 is 2.13 bits per heavy atom. The minimum atomic E-state index is 0.105. The van der Waals surface area contributed by atoms with Crippen LogP contribution in [0.4, 0.5) is 5.82 Å². The van der Waals surface area contributed by atoms with Crippen molar-refractivity contribution in [3.05, 3.63) is 42.6 Å². The fraction of sp³-hybridized carbons (Fsp3) is 0.471. The van der Waals surface area contributed by atoms with Crippen molar-refractivity contribution in [3.63, 3.8) is 0 Å². The first-order chi connectivity index (χ1) is 11.1. The molecule has 0 unspecified atom stereocenters. The second-order valence-electron chi connectivity index (χ2n) is 6.13. The molecule has 6 heteroatoms. The number of anilines is 1. The van der Waals surface area contributed by atoms with Crippen molar-refractivity contribution in [3.8, 4) is 0 Å². The summed E-state index contributed by atoms with van der Waals surface area (Å²) >= 11 is 0. The van der Waals surface area contributed by atoms with Crippen molar-refractivity contribution in [2.75, 3.05) is 25.0 Å². The molecule has 122 valence electrons. The Morgan fingerprint density at radius 3 is 2.74 bits per heavy atom.